The van der Waals surface area contributed by atoms with Gasteiger partial charge in [-0.15, -0.1) is 11.6 Å². The Bertz CT molecular complexity index is 599. The van der Waals surface area contributed by atoms with Gasteiger partial charge in [0.05, 0.1) is 24.3 Å². The summed E-state index contributed by atoms with van der Waals surface area (Å²) >= 11 is 9.79. The first-order valence-corrected chi connectivity index (χ1v) is 8.94. The summed E-state index contributed by atoms with van der Waals surface area (Å²) < 4.78 is 33.8. The number of ether oxygens (including phenoxy) is 2. The normalized spacial score (nSPS) is 13.9. The van der Waals surface area contributed by atoms with Gasteiger partial charge < -0.3 is 9.47 Å². The fourth-order valence-corrected chi connectivity index (χ4v) is 3.53. The van der Waals surface area contributed by atoms with Crippen molar-refractivity contribution in [3.8, 4) is 11.5 Å². The third-order valence-electron chi connectivity index (χ3n) is 3.36. The summed E-state index contributed by atoms with van der Waals surface area (Å²) in [6.07, 6.45) is 1.17. The molecular formula is C13H18BrClO4S. The van der Waals surface area contributed by atoms with Crippen LogP contribution in [0.25, 0.3) is 0 Å². The Kier molecular flexibility index (Phi) is 5.38. The lowest BCUT2D eigenvalue weighted by atomic mass is 10.00. The average Bonchev–Trinajstić information content (AvgIpc) is 2.36. The molecule has 0 aromatic heterocycles. The number of alkyl halides is 1. The highest BCUT2D eigenvalue weighted by Gasteiger charge is 2.40. The molecule has 7 heteroatoms. The molecular weight excluding hydrogens is 368 g/mol. The minimum Gasteiger partial charge on any atom is -0.495 e. The quantitative estimate of drug-likeness (QED) is 0.727. The first-order chi connectivity index (χ1) is 9.07. The first-order valence-electron chi connectivity index (χ1n) is 5.82. The molecule has 114 valence electrons. The molecule has 0 radical (unpaired) electrons. The number of hydrogen-bond donors (Lipinski definition) is 0. The van der Waals surface area contributed by atoms with Crippen LogP contribution in [0.1, 0.15) is 24.8 Å². The van der Waals surface area contributed by atoms with Crippen LogP contribution in [0, 0.1) is 0 Å². The highest BCUT2D eigenvalue weighted by molar-refractivity contribution is 9.10. The van der Waals surface area contributed by atoms with Gasteiger partial charge in [0.25, 0.3) is 0 Å². The molecule has 1 rings (SSSR count). The van der Waals surface area contributed by atoms with Gasteiger partial charge in [-0.2, -0.15) is 0 Å². The molecule has 0 aliphatic heterocycles. The second-order valence-corrected chi connectivity index (χ2v) is 8.77. The molecule has 1 aromatic rings. The summed E-state index contributed by atoms with van der Waals surface area (Å²) in [6, 6.07) is 3.43. The summed E-state index contributed by atoms with van der Waals surface area (Å²) in [4.78, 5) is 0. The first kappa shape index (κ1) is 17.6. The van der Waals surface area contributed by atoms with Crippen molar-refractivity contribution >= 4 is 37.4 Å². The molecule has 0 amide bonds. The maximum absolute atomic E-state index is 11.9. The monoisotopic (exact) mass is 384 g/mol. The van der Waals surface area contributed by atoms with Gasteiger partial charge in [0.15, 0.2) is 9.84 Å². The second-order valence-electron chi connectivity index (χ2n) is 4.94. The average molecular weight is 386 g/mol. The van der Waals surface area contributed by atoms with Crippen LogP contribution in [0.3, 0.4) is 0 Å². The van der Waals surface area contributed by atoms with Crippen LogP contribution in [-0.2, 0) is 9.84 Å². The van der Waals surface area contributed by atoms with Gasteiger partial charge in [0.2, 0.25) is 0 Å². The van der Waals surface area contributed by atoms with E-state index in [4.69, 9.17) is 21.1 Å². The highest BCUT2D eigenvalue weighted by Crippen LogP contribution is 2.46. The zero-order valence-electron chi connectivity index (χ0n) is 12.0. The van der Waals surface area contributed by atoms with Crippen molar-refractivity contribution < 1.29 is 17.9 Å². The molecule has 0 N–H and O–H groups in total. The predicted octanol–water partition coefficient (Wildman–Crippen LogP) is 3.57. The molecule has 4 nitrogen and oxygen atoms in total. The number of sulfone groups is 1. The molecule has 0 heterocycles. The van der Waals surface area contributed by atoms with Gasteiger partial charge in [-0.3, -0.25) is 0 Å². The standard InChI is InChI=1S/C13H18BrClO4S/c1-13(2,20(5,16)17)12(15)8-6-7-9(18-3)10(14)11(8)19-4/h6-7,12H,1-5H3. The molecule has 0 aliphatic carbocycles. The summed E-state index contributed by atoms with van der Waals surface area (Å²) in [5, 5.41) is -0.755. The minimum atomic E-state index is -3.34. The van der Waals surface area contributed by atoms with Crippen molar-refractivity contribution in [3.63, 3.8) is 0 Å². The molecule has 0 spiro atoms. The van der Waals surface area contributed by atoms with Crippen molar-refractivity contribution in [1.29, 1.82) is 0 Å². The van der Waals surface area contributed by atoms with Gasteiger partial charge in [-0.25, -0.2) is 8.42 Å². The number of methoxy groups -OCH3 is 2. The van der Waals surface area contributed by atoms with E-state index in [1.807, 2.05) is 0 Å². The molecule has 0 saturated heterocycles. The SMILES string of the molecule is COc1ccc(C(Cl)C(C)(C)S(C)(=O)=O)c(OC)c1Br. The van der Waals surface area contributed by atoms with E-state index in [0.29, 0.717) is 21.5 Å². The van der Waals surface area contributed by atoms with Crippen LogP contribution >= 0.6 is 27.5 Å². The number of hydrogen-bond acceptors (Lipinski definition) is 4. The summed E-state index contributed by atoms with van der Waals surface area (Å²) in [5.74, 6) is 1.06. The molecule has 1 atom stereocenters. The van der Waals surface area contributed by atoms with Crippen LogP contribution < -0.4 is 9.47 Å². The molecule has 0 saturated carbocycles. The highest BCUT2D eigenvalue weighted by atomic mass is 79.9. The number of halogens is 2. The molecule has 20 heavy (non-hydrogen) atoms. The van der Waals surface area contributed by atoms with E-state index in [-0.39, 0.29) is 0 Å². The Labute approximate surface area is 133 Å². The molecule has 0 aliphatic rings. The lowest BCUT2D eigenvalue weighted by Gasteiger charge is -2.29. The van der Waals surface area contributed by atoms with Gasteiger partial charge in [-0.1, -0.05) is 6.07 Å². The summed E-state index contributed by atoms with van der Waals surface area (Å²) in [5.41, 5.74) is 0.595. The van der Waals surface area contributed by atoms with Crippen LogP contribution in [0.5, 0.6) is 11.5 Å². The number of benzene rings is 1. The fourth-order valence-electron chi connectivity index (χ4n) is 1.68. The van der Waals surface area contributed by atoms with Crippen LogP contribution in [0.2, 0.25) is 0 Å². The smallest absolute Gasteiger partial charge is 0.154 e. The lowest BCUT2D eigenvalue weighted by molar-refractivity contribution is 0.384. The maximum Gasteiger partial charge on any atom is 0.154 e. The van der Waals surface area contributed by atoms with Gasteiger partial charge in [0.1, 0.15) is 16.0 Å². The van der Waals surface area contributed by atoms with Crippen molar-refractivity contribution in [1.82, 2.24) is 0 Å². The second kappa shape index (κ2) is 6.12. The van der Waals surface area contributed by atoms with Crippen molar-refractivity contribution in [2.75, 3.05) is 20.5 Å². The molecule has 1 unspecified atom stereocenters. The van der Waals surface area contributed by atoms with E-state index in [1.54, 1.807) is 26.0 Å². The predicted molar refractivity (Wildman–Crippen MR) is 84.8 cm³/mol. The number of rotatable bonds is 5. The fraction of sp³-hybridized carbons (Fsp3) is 0.538. The Hall–Kier alpha value is -0.460. The van der Waals surface area contributed by atoms with E-state index < -0.39 is 20.0 Å². The Morgan fingerprint density at radius 1 is 1.25 bits per heavy atom. The molecule has 1 aromatic carbocycles. The Balaban J connectivity index is 3.45. The van der Waals surface area contributed by atoms with Gasteiger partial charge in [-0.05, 0) is 35.8 Å². The van der Waals surface area contributed by atoms with E-state index in [2.05, 4.69) is 15.9 Å². The van der Waals surface area contributed by atoms with Gasteiger partial charge >= 0.3 is 0 Å². The maximum atomic E-state index is 11.9. The van der Waals surface area contributed by atoms with E-state index >= 15 is 0 Å². The third kappa shape index (κ3) is 3.07. The van der Waals surface area contributed by atoms with Crippen molar-refractivity contribution in [3.05, 3.63) is 22.2 Å². The Morgan fingerprint density at radius 2 is 1.80 bits per heavy atom. The largest absolute Gasteiger partial charge is 0.495 e. The van der Waals surface area contributed by atoms with Crippen LogP contribution in [-0.4, -0.2) is 33.6 Å². The minimum absolute atomic E-state index is 0.473. The van der Waals surface area contributed by atoms with Gasteiger partial charge in [0, 0.05) is 11.8 Å². The zero-order valence-corrected chi connectivity index (χ0v) is 15.2. The van der Waals surface area contributed by atoms with E-state index in [0.717, 1.165) is 0 Å². The topological polar surface area (TPSA) is 52.6 Å². The van der Waals surface area contributed by atoms with E-state index in [1.165, 1.54) is 20.5 Å². The van der Waals surface area contributed by atoms with Crippen molar-refractivity contribution in [2.24, 2.45) is 0 Å². The van der Waals surface area contributed by atoms with Crippen LogP contribution in [0.4, 0.5) is 0 Å². The van der Waals surface area contributed by atoms with Crippen molar-refractivity contribution in [2.45, 2.75) is 24.0 Å². The molecule has 0 bridgehead atoms. The summed E-state index contributed by atoms with van der Waals surface area (Å²) in [6.45, 7) is 3.19. The third-order valence-corrected chi connectivity index (χ3v) is 7.16. The Morgan fingerprint density at radius 3 is 2.20 bits per heavy atom. The van der Waals surface area contributed by atoms with Crippen LogP contribution in [0.15, 0.2) is 16.6 Å². The van der Waals surface area contributed by atoms with E-state index in [9.17, 15) is 8.42 Å². The zero-order chi connectivity index (χ0) is 15.7. The lowest BCUT2D eigenvalue weighted by Crippen LogP contribution is -2.35. The molecule has 0 fully saturated rings. The summed E-state index contributed by atoms with van der Waals surface area (Å²) in [7, 11) is -0.298.